The van der Waals surface area contributed by atoms with Crippen LogP contribution in [0.1, 0.15) is 36.6 Å². The third-order valence-electron chi connectivity index (χ3n) is 4.73. The zero-order valence-corrected chi connectivity index (χ0v) is 17.4. The minimum absolute atomic E-state index is 0.0589. The van der Waals surface area contributed by atoms with E-state index in [1.165, 1.54) is 6.92 Å². The van der Waals surface area contributed by atoms with Crippen molar-refractivity contribution in [1.29, 1.82) is 0 Å². The predicted molar refractivity (Wildman–Crippen MR) is 103 cm³/mol. The summed E-state index contributed by atoms with van der Waals surface area (Å²) < 4.78 is 0. The zero-order valence-electron chi connectivity index (χ0n) is 17.4. The standard InChI is InChI=1S/C17H14N4O14/c1-7-2-9-10(15(25)19(14(9)24)12(17(28)29)5-35-21(32)33)3-8(7)13(23)18(6-22)11(16(26)27)4-34-20(30)31/h2-3,6,11-12H,4-5H2,1H3,(H,26,27)(H,28,29). The molecular formula is C17H14N4O14. The predicted octanol–water partition coefficient (Wildman–Crippen LogP) is -1.49. The summed E-state index contributed by atoms with van der Waals surface area (Å²) in [5.74, 6) is -7.40. The molecular weight excluding hydrogens is 484 g/mol. The fourth-order valence-electron chi connectivity index (χ4n) is 3.12. The van der Waals surface area contributed by atoms with Crippen LogP contribution in [0.15, 0.2) is 12.1 Å². The van der Waals surface area contributed by atoms with Crippen LogP contribution in [0.25, 0.3) is 0 Å². The Hall–Kier alpha value is -5.16. The van der Waals surface area contributed by atoms with E-state index in [0.29, 0.717) is 0 Å². The first kappa shape index (κ1) is 26.1. The van der Waals surface area contributed by atoms with E-state index < -0.39 is 76.3 Å². The highest BCUT2D eigenvalue weighted by Gasteiger charge is 2.44. The highest BCUT2D eigenvalue weighted by molar-refractivity contribution is 6.23. The second kappa shape index (κ2) is 10.2. The Labute approximate surface area is 192 Å². The molecule has 0 radical (unpaired) electrons. The van der Waals surface area contributed by atoms with E-state index in [-0.39, 0.29) is 27.3 Å². The van der Waals surface area contributed by atoms with Gasteiger partial charge in [0.25, 0.3) is 27.9 Å². The van der Waals surface area contributed by atoms with Crippen molar-refractivity contribution in [2.24, 2.45) is 0 Å². The van der Waals surface area contributed by atoms with Crippen molar-refractivity contribution in [1.82, 2.24) is 9.80 Å². The van der Waals surface area contributed by atoms with E-state index in [2.05, 4.69) is 9.68 Å². The van der Waals surface area contributed by atoms with Crippen LogP contribution in [0.3, 0.4) is 0 Å². The minimum atomic E-state index is -2.14. The third kappa shape index (κ3) is 5.26. The van der Waals surface area contributed by atoms with Crippen LogP contribution in [0, 0.1) is 27.2 Å². The number of carbonyl (C=O) groups excluding carboxylic acids is 4. The normalized spacial score (nSPS) is 13.9. The highest BCUT2D eigenvalue weighted by atomic mass is 17.0. The van der Waals surface area contributed by atoms with Gasteiger partial charge in [-0.05, 0) is 24.6 Å². The van der Waals surface area contributed by atoms with E-state index in [1.807, 2.05) is 0 Å². The molecule has 186 valence electrons. The number of benzene rings is 1. The maximum atomic E-state index is 12.9. The first-order valence-electron chi connectivity index (χ1n) is 9.12. The number of hydrogen-bond donors (Lipinski definition) is 2. The Bertz CT molecular complexity index is 1150. The summed E-state index contributed by atoms with van der Waals surface area (Å²) in [4.78, 5) is 102. The number of carboxylic acids is 2. The Morgan fingerprint density at radius 2 is 1.54 bits per heavy atom. The number of carboxylic acid groups (broad SMARTS) is 2. The Morgan fingerprint density at radius 3 is 2.00 bits per heavy atom. The molecule has 0 saturated carbocycles. The number of hydrogen-bond acceptors (Lipinski definition) is 12. The average molecular weight is 498 g/mol. The van der Waals surface area contributed by atoms with Crippen LogP contribution in [-0.2, 0) is 24.1 Å². The van der Waals surface area contributed by atoms with Gasteiger partial charge in [-0.3, -0.25) is 29.0 Å². The third-order valence-corrected chi connectivity index (χ3v) is 4.73. The van der Waals surface area contributed by atoms with E-state index in [1.54, 1.807) is 0 Å². The fourth-order valence-corrected chi connectivity index (χ4v) is 3.12. The molecule has 0 fully saturated rings. The lowest BCUT2D eigenvalue weighted by atomic mass is 9.99. The van der Waals surface area contributed by atoms with Crippen LogP contribution in [0.4, 0.5) is 0 Å². The second-order valence-corrected chi connectivity index (χ2v) is 6.76. The summed E-state index contributed by atoms with van der Waals surface area (Å²) in [6.07, 6.45) is -0.230. The van der Waals surface area contributed by atoms with E-state index in [4.69, 9.17) is 0 Å². The highest BCUT2D eigenvalue weighted by Crippen LogP contribution is 2.29. The molecule has 35 heavy (non-hydrogen) atoms. The van der Waals surface area contributed by atoms with Crippen molar-refractivity contribution in [3.05, 3.63) is 54.6 Å². The molecule has 2 atom stereocenters. The van der Waals surface area contributed by atoms with Gasteiger partial charge in [0.05, 0.1) is 11.1 Å². The SMILES string of the molecule is Cc1cc2c(cc1C(=O)N(C=O)C(CO[N+](=O)[O-])C(=O)O)C(=O)N(C(CO[N+](=O)[O-])C(=O)O)C2=O. The zero-order chi connectivity index (χ0) is 26.6. The molecule has 2 unspecified atom stereocenters. The fraction of sp³-hybridized carbons (Fsp3) is 0.294. The topological polar surface area (TPSA) is 254 Å². The van der Waals surface area contributed by atoms with Crippen LogP contribution in [0.5, 0.6) is 0 Å². The largest absolute Gasteiger partial charge is 0.480 e. The lowest BCUT2D eigenvalue weighted by Crippen LogP contribution is -2.48. The maximum Gasteiger partial charge on any atom is 0.328 e. The second-order valence-electron chi connectivity index (χ2n) is 6.76. The van der Waals surface area contributed by atoms with Crippen molar-refractivity contribution in [3.63, 3.8) is 0 Å². The summed E-state index contributed by atoms with van der Waals surface area (Å²) in [6, 6.07) is -2.45. The van der Waals surface area contributed by atoms with Crippen LogP contribution in [-0.4, -0.2) is 91.6 Å². The summed E-state index contributed by atoms with van der Waals surface area (Å²) in [7, 11) is 0. The first-order chi connectivity index (χ1) is 16.3. The molecule has 18 heteroatoms. The van der Waals surface area contributed by atoms with Gasteiger partial charge in [0.15, 0.2) is 12.1 Å². The number of aryl methyl sites for hydroxylation is 1. The Kier molecular flexibility index (Phi) is 7.60. The molecule has 0 aromatic heterocycles. The van der Waals surface area contributed by atoms with Crippen LogP contribution < -0.4 is 0 Å². The first-order valence-corrected chi connectivity index (χ1v) is 9.12. The van der Waals surface area contributed by atoms with Gasteiger partial charge in [-0.2, -0.15) is 0 Å². The Balaban J connectivity index is 2.47. The van der Waals surface area contributed by atoms with Gasteiger partial charge in [0, 0.05) is 5.56 Å². The van der Waals surface area contributed by atoms with Crippen molar-refractivity contribution < 1.29 is 58.8 Å². The number of carbonyl (C=O) groups is 6. The van der Waals surface area contributed by atoms with E-state index >= 15 is 0 Å². The van der Waals surface area contributed by atoms with Crippen molar-refractivity contribution in [2.45, 2.75) is 19.0 Å². The number of imide groups is 2. The summed E-state index contributed by atoms with van der Waals surface area (Å²) in [5.41, 5.74) is -1.42. The average Bonchev–Trinajstić information content (AvgIpc) is 2.99. The van der Waals surface area contributed by atoms with Gasteiger partial charge < -0.3 is 19.9 Å². The Morgan fingerprint density at radius 1 is 1.03 bits per heavy atom. The number of aliphatic carboxylic acids is 2. The number of nitrogens with zero attached hydrogens (tertiary/aromatic N) is 4. The molecule has 18 nitrogen and oxygen atoms in total. The van der Waals surface area contributed by atoms with E-state index in [9.17, 15) is 59.2 Å². The lowest BCUT2D eigenvalue weighted by molar-refractivity contribution is -0.758. The van der Waals surface area contributed by atoms with Gasteiger partial charge in [-0.25, -0.2) is 9.59 Å². The van der Waals surface area contributed by atoms with Crippen LogP contribution >= 0.6 is 0 Å². The number of fused-ring (bicyclic) bond motifs is 1. The van der Waals surface area contributed by atoms with Gasteiger partial charge >= 0.3 is 11.9 Å². The molecule has 1 aliphatic heterocycles. The smallest absolute Gasteiger partial charge is 0.328 e. The van der Waals surface area contributed by atoms with Gasteiger partial charge in [-0.15, -0.1) is 20.2 Å². The molecule has 0 saturated heterocycles. The molecule has 0 aliphatic carbocycles. The van der Waals surface area contributed by atoms with E-state index in [0.717, 1.165) is 12.1 Å². The van der Waals surface area contributed by atoms with Crippen molar-refractivity contribution in [3.8, 4) is 0 Å². The maximum absolute atomic E-state index is 12.9. The number of rotatable bonds is 12. The molecule has 0 spiro atoms. The van der Waals surface area contributed by atoms with Crippen molar-refractivity contribution in [2.75, 3.05) is 13.2 Å². The molecule has 4 amide bonds. The molecule has 2 N–H and O–H groups in total. The monoisotopic (exact) mass is 498 g/mol. The molecule has 0 bridgehead atoms. The summed E-state index contributed by atoms with van der Waals surface area (Å²) in [6.45, 7) is -1.16. The van der Waals surface area contributed by atoms with Gasteiger partial charge in [0.1, 0.15) is 13.2 Å². The summed E-state index contributed by atoms with van der Waals surface area (Å²) >= 11 is 0. The molecule has 1 aromatic rings. The molecule has 2 rings (SSSR count). The quantitative estimate of drug-likeness (QED) is 0.144. The molecule has 1 aromatic carbocycles. The van der Waals surface area contributed by atoms with Crippen LogP contribution in [0.2, 0.25) is 0 Å². The molecule has 1 heterocycles. The number of amides is 4. The summed E-state index contributed by atoms with van der Waals surface area (Å²) in [5, 5.41) is 36.7. The van der Waals surface area contributed by atoms with Gasteiger partial charge in [-0.1, -0.05) is 0 Å². The minimum Gasteiger partial charge on any atom is -0.480 e. The lowest BCUT2D eigenvalue weighted by Gasteiger charge is -2.23. The van der Waals surface area contributed by atoms with Gasteiger partial charge in [0.2, 0.25) is 6.41 Å². The van der Waals surface area contributed by atoms with Crippen molar-refractivity contribution >= 4 is 36.1 Å². The molecule has 1 aliphatic rings.